The first-order valence-electron chi connectivity index (χ1n) is 14.0. The molecule has 4 aliphatic rings. The quantitative estimate of drug-likeness (QED) is 0.385. The van der Waals surface area contributed by atoms with Crippen molar-refractivity contribution < 1.29 is 4.74 Å². The van der Waals surface area contributed by atoms with E-state index in [9.17, 15) is 0 Å². The molecular weight excluding hydrogens is 364 g/mol. The van der Waals surface area contributed by atoms with Gasteiger partial charge in [0, 0.05) is 13.2 Å². The van der Waals surface area contributed by atoms with E-state index in [1.165, 1.54) is 44.9 Å². The minimum Gasteiger partial charge on any atom is -0.381 e. The lowest BCUT2D eigenvalue weighted by Crippen LogP contribution is -2.53. The van der Waals surface area contributed by atoms with Crippen molar-refractivity contribution in [3.8, 4) is 0 Å². The summed E-state index contributed by atoms with van der Waals surface area (Å²) in [6, 6.07) is 0. The number of fused-ring (bicyclic) bond motifs is 5. The van der Waals surface area contributed by atoms with E-state index in [1.54, 1.807) is 38.5 Å². The summed E-state index contributed by atoms with van der Waals surface area (Å²) in [5.74, 6) is 6.85. The fourth-order valence-corrected chi connectivity index (χ4v) is 9.66. The molecule has 0 aromatic carbocycles. The van der Waals surface area contributed by atoms with Crippen LogP contribution in [0.1, 0.15) is 118 Å². The normalized spacial score (nSPS) is 45.3. The highest BCUT2D eigenvalue weighted by Crippen LogP contribution is 2.68. The molecule has 1 heteroatoms. The SMILES string of the molecule is CCOCC(C)CCC[C@@H](C)[C@H]1CC[C@H]2[C@@H]3CCC4CCCC[C@]4(C)[C@H]3CC[C@]12C. The van der Waals surface area contributed by atoms with E-state index in [1.807, 2.05) is 0 Å². The van der Waals surface area contributed by atoms with Crippen LogP contribution in [0.2, 0.25) is 0 Å². The van der Waals surface area contributed by atoms with Crippen LogP contribution < -0.4 is 0 Å². The molecule has 0 amide bonds. The van der Waals surface area contributed by atoms with Crippen LogP contribution in [0.25, 0.3) is 0 Å². The second-order valence-electron chi connectivity index (χ2n) is 12.8. The van der Waals surface area contributed by atoms with E-state index in [-0.39, 0.29) is 0 Å². The average Bonchev–Trinajstić information content (AvgIpc) is 3.09. The maximum absolute atomic E-state index is 5.64. The van der Waals surface area contributed by atoms with Crippen LogP contribution in [-0.4, -0.2) is 13.2 Å². The summed E-state index contributed by atoms with van der Waals surface area (Å²) in [6.45, 7) is 14.4. The molecule has 0 N–H and O–H groups in total. The van der Waals surface area contributed by atoms with Crippen LogP contribution in [0.5, 0.6) is 0 Å². The largest absolute Gasteiger partial charge is 0.381 e. The van der Waals surface area contributed by atoms with Gasteiger partial charge in [0.1, 0.15) is 0 Å². The van der Waals surface area contributed by atoms with Gasteiger partial charge in [-0.2, -0.15) is 0 Å². The van der Waals surface area contributed by atoms with Crippen LogP contribution >= 0.6 is 0 Å². The molecule has 0 aliphatic heterocycles. The lowest BCUT2D eigenvalue weighted by atomic mass is 9.44. The maximum atomic E-state index is 5.64. The fraction of sp³-hybridized carbons (Fsp3) is 1.00. The first-order chi connectivity index (χ1) is 14.4. The topological polar surface area (TPSA) is 9.23 Å². The molecule has 0 spiro atoms. The summed E-state index contributed by atoms with van der Waals surface area (Å²) in [5.41, 5.74) is 1.35. The van der Waals surface area contributed by atoms with Crippen LogP contribution in [0.3, 0.4) is 0 Å². The Balaban J connectivity index is 1.36. The van der Waals surface area contributed by atoms with Crippen LogP contribution in [0.4, 0.5) is 0 Å². The molecule has 0 bridgehead atoms. The molecule has 0 aromatic rings. The summed E-state index contributed by atoms with van der Waals surface area (Å²) < 4.78 is 5.64. The molecule has 9 atom stereocenters. The summed E-state index contributed by atoms with van der Waals surface area (Å²) in [5, 5.41) is 0. The predicted molar refractivity (Wildman–Crippen MR) is 129 cm³/mol. The third-order valence-corrected chi connectivity index (χ3v) is 11.3. The van der Waals surface area contributed by atoms with E-state index < -0.39 is 0 Å². The minimum absolute atomic E-state index is 0.648. The van der Waals surface area contributed by atoms with Crippen molar-refractivity contribution in [3.05, 3.63) is 0 Å². The minimum atomic E-state index is 0.648. The Morgan fingerprint density at radius 2 is 1.63 bits per heavy atom. The zero-order valence-electron chi connectivity index (χ0n) is 21.1. The Morgan fingerprint density at radius 3 is 2.43 bits per heavy atom. The van der Waals surface area contributed by atoms with Gasteiger partial charge >= 0.3 is 0 Å². The first kappa shape index (κ1) is 23.1. The van der Waals surface area contributed by atoms with Gasteiger partial charge in [-0.3, -0.25) is 0 Å². The number of hydrogen-bond acceptors (Lipinski definition) is 1. The zero-order chi connectivity index (χ0) is 21.4. The molecule has 174 valence electrons. The van der Waals surface area contributed by atoms with E-state index in [0.29, 0.717) is 10.8 Å². The van der Waals surface area contributed by atoms with Gasteiger partial charge in [0.2, 0.25) is 0 Å². The van der Waals surface area contributed by atoms with Gasteiger partial charge < -0.3 is 4.74 Å². The lowest BCUT2D eigenvalue weighted by Gasteiger charge is -2.61. The molecule has 30 heavy (non-hydrogen) atoms. The van der Waals surface area contributed by atoms with Gasteiger partial charge in [-0.1, -0.05) is 53.4 Å². The van der Waals surface area contributed by atoms with Crippen molar-refractivity contribution in [2.24, 2.45) is 52.3 Å². The zero-order valence-corrected chi connectivity index (χ0v) is 21.1. The van der Waals surface area contributed by atoms with E-state index in [2.05, 4.69) is 34.6 Å². The van der Waals surface area contributed by atoms with E-state index in [4.69, 9.17) is 4.74 Å². The lowest BCUT2D eigenvalue weighted by molar-refractivity contribution is -0.114. The van der Waals surface area contributed by atoms with Gasteiger partial charge in [0.05, 0.1) is 0 Å². The second kappa shape index (κ2) is 9.44. The third kappa shape index (κ3) is 4.15. The Hall–Kier alpha value is -0.0400. The number of ether oxygens (including phenoxy) is 1. The Morgan fingerprint density at radius 1 is 0.833 bits per heavy atom. The second-order valence-corrected chi connectivity index (χ2v) is 12.8. The Bertz CT molecular complexity index is 557. The highest BCUT2D eigenvalue weighted by molar-refractivity contribution is 5.09. The summed E-state index contributed by atoms with van der Waals surface area (Å²) >= 11 is 0. The molecule has 0 aromatic heterocycles. The number of hydrogen-bond donors (Lipinski definition) is 0. The molecule has 0 radical (unpaired) electrons. The van der Waals surface area contributed by atoms with Crippen molar-refractivity contribution in [2.45, 2.75) is 118 Å². The van der Waals surface area contributed by atoms with Crippen molar-refractivity contribution >= 4 is 0 Å². The Labute approximate surface area is 188 Å². The van der Waals surface area contributed by atoms with Gasteiger partial charge in [0.25, 0.3) is 0 Å². The molecule has 0 heterocycles. The smallest absolute Gasteiger partial charge is 0.0491 e. The average molecular weight is 417 g/mol. The highest BCUT2D eigenvalue weighted by Gasteiger charge is 2.59. The van der Waals surface area contributed by atoms with Crippen molar-refractivity contribution in [2.75, 3.05) is 13.2 Å². The van der Waals surface area contributed by atoms with Gasteiger partial charge in [-0.25, -0.2) is 0 Å². The molecule has 2 unspecified atom stereocenters. The molecule has 4 fully saturated rings. The van der Waals surface area contributed by atoms with Gasteiger partial charge in [-0.15, -0.1) is 0 Å². The fourth-order valence-electron chi connectivity index (χ4n) is 9.66. The third-order valence-electron chi connectivity index (χ3n) is 11.3. The van der Waals surface area contributed by atoms with Gasteiger partial charge in [0.15, 0.2) is 0 Å². The molecule has 0 saturated heterocycles. The van der Waals surface area contributed by atoms with Crippen LogP contribution in [-0.2, 0) is 4.74 Å². The number of rotatable bonds is 8. The molecule has 1 nitrogen and oxygen atoms in total. The van der Waals surface area contributed by atoms with Crippen molar-refractivity contribution in [3.63, 3.8) is 0 Å². The van der Waals surface area contributed by atoms with Gasteiger partial charge in [-0.05, 0) is 117 Å². The molecule has 4 saturated carbocycles. The summed E-state index contributed by atoms with van der Waals surface area (Å²) in [6.07, 6.45) is 19.6. The highest BCUT2D eigenvalue weighted by atomic mass is 16.5. The standard InChI is InChI=1S/C29H52O/c1-6-30-20-21(2)10-9-11-22(3)25-15-16-26-24-14-13-23-12-7-8-18-28(23,4)27(24)17-19-29(25,26)5/h21-27H,6-20H2,1-5H3/t21?,22-,23?,24+,25-,26+,27+,28+,29-/m1/s1. The Kier molecular flexibility index (Phi) is 7.28. The van der Waals surface area contributed by atoms with Crippen molar-refractivity contribution in [1.82, 2.24) is 0 Å². The van der Waals surface area contributed by atoms with Crippen molar-refractivity contribution in [1.29, 1.82) is 0 Å². The predicted octanol–water partition coefficient (Wildman–Crippen LogP) is 8.51. The monoisotopic (exact) mass is 416 g/mol. The molecule has 4 aliphatic carbocycles. The van der Waals surface area contributed by atoms with Crippen LogP contribution in [0, 0.1) is 52.3 Å². The van der Waals surface area contributed by atoms with E-state index in [0.717, 1.165) is 54.6 Å². The molecule has 4 rings (SSSR count). The molecular formula is C29H52O. The first-order valence-corrected chi connectivity index (χ1v) is 14.0. The van der Waals surface area contributed by atoms with E-state index >= 15 is 0 Å². The van der Waals surface area contributed by atoms with Crippen LogP contribution in [0.15, 0.2) is 0 Å². The summed E-state index contributed by atoms with van der Waals surface area (Å²) in [7, 11) is 0. The maximum Gasteiger partial charge on any atom is 0.0491 e. The summed E-state index contributed by atoms with van der Waals surface area (Å²) in [4.78, 5) is 0.